The Hall–Kier alpha value is -2.15. The number of nitrogens with one attached hydrogen (secondary N) is 1. The lowest BCUT2D eigenvalue weighted by Crippen LogP contribution is -2.06. The topological polar surface area (TPSA) is 98.0 Å². The van der Waals surface area contributed by atoms with Crippen LogP contribution < -0.4 is 11.1 Å². The number of hydrogen-bond donors (Lipinski definition) is 2. The maximum atomic E-state index is 11.4. The zero-order chi connectivity index (χ0) is 15.6. The van der Waals surface area contributed by atoms with Gasteiger partial charge < -0.3 is 11.1 Å². The number of sulfone groups is 1. The quantitative estimate of drug-likeness (QED) is 0.897. The third-order valence-electron chi connectivity index (χ3n) is 3.09. The van der Waals surface area contributed by atoms with Crippen molar-refractivity contribution in [2.45, 2.75) is 25.2 Å². The SMILES string of the molecule is CCc1nc(N)c(C)c(Nc2ccc(S(C)(=O)=O)cc2)n1. The summed E-state index contributed by atoms with van der Waals surface area (Å²) in [6, 6.07) is 6.50. The van der Waals surface area contributed by atoms with Crippen LogP contribution in [0.3, 0.4) is 0 Å². The fourth-order valence-electron chi connectivity index (χ4n) is 1.78. The second-order valence-corrected chi connectivity index (χ2v) is 6.79. The highest BCUT2D eigenvalue weighted by atomic mass is 32.2. The molecule has 0 saturated heterocycles. The Morgan fingerprint density at radius 3 is 2.33 bits per heavy atom. The molecule has 1 aromatic carbocycles. The van der Waals surface area contributed by atoms with Crippen LogP contribution >= 0.6 is 0 Å². The zero-order valence-electron chi connectivity index (χ0n) is 12.2. The van der Waals surface area contributed by atoms with E-state index >= 15 is 0 Å². The fraction of sp³-hybridized carbons (Fsp3) is 0.286. The summed E-state index contributed by atoms with van der Waals surface area (Å²) in [6.07, 6.45) is 1.87. The molecule has 21 heavy (non-hydrogen) atoms. The van der Waals surface area contributed by atoms with Gasteiger partial charge in [-0.25, -0.2) is 18.4 Å². The van der Waals surface area contributed by atoms with Crippen LogP contribution in [0.5, 0.6) is 0 Å². The average molecular weight is 306 g/mol. The molecule has 0 spiro atoms. The molecule has 0 aliphatic carbocycles. The predicted molar refractivity (Wildman–Crippen MR) is 83.4 cm³/mol. The third kappa shape index (κ3) is 3.49. The highest BCUT2D eigenvalue weighted by Gasteiger charge is 2.10. The number of nitrogens with zero attached hydrogens (tertiary/aromatic N) is 2. The Labute approximate surface area is 124 Å². The van der Waals surface area contributed by atoms with Crippen molar-refractivity contribution in [3.8, 4) is 0 Å². The molecule has 3 N–H and O–H groups in total. The molecule has 0 fully saturated rings. The molecule has 6 nitrogen and oxygen atoms in total. The van der Waals surface area contributed by atoms with Gasteiger partial charge in [-0.05, 0) is 31.2 Å². The molecule has 0 aliphatic heterocycles. The summed E-state index contributed by atoms with van der Waals surface area (Å²) in [5, 5.41) is 3.14. The van der Waals surface area contributed by atoms with Crippen LogP contribution in [-0.2, 0) is 16.3 Å². The van der Waals surface area contributed by atoms with Gasteiger partial charge in [-0.1, -0.05) is 6.92 Å². The van der Waals surface area contributed by atoms with E-state index in [-0.39, 0.29) is 4.90 Å². The second kappa shape index (κ2) is 5.69. The minimum Gasteiger partial charge on any atom is -0.383 e. The first-order valence-corrected chi connectivity index (χ1v) is 8.40. The molecule has 7 heteroatoms. The van der Waals surface area contributed by atoms with Gasteiger partial charge in [-0.3, -0.25) is 0 Å². The largest absolute Gasteiger partial charge is 0.383 e. The molecule has 2 rings (SSSR count). The van der Waals surface area contributed by atoms with Crippen LogP contribution in [0.2, 0.25) is 0 Å². The zero-order valence-corrected chi connectivity index (χ0v) is 13.0. The Kier molecular flexibility index (Phi) is 4.13. The number of rotatable bonds is 4. The molecular formula is C14H18N4O2S. The summed E-state index contributed by atoms with van der Waals surface area (Å²) in [6.45, 7) is 3.79. The van der Waals surface area contributed by atoms with Crippen molar-refractivity contribution in [3.63, 3.8) is 0 Å². The highest BCUT2D eigenvalue weighted by molar-refractivity contribution is 7.90. The average Bonchev–Trinajstić information content (AvgIpc) is 2.43. The van der Waals surface area contributed by atoms with Gasteiger partial charge in [0.1, 0.15) is 17.5 Å². The highest BCUT2D eigenvalue weighted by Crippen LogP contribution is 2.23. The van der Waals surface area contributed by atoms with Crippen molar-refractivity contribution in [1.29, 1.82) is 0 Å². The smallest absolute Gasteiger partial charge is 0.175 e. The second-order valence-electron chi connectivity index (χ2n) is 4.77. The Balaban J connectivity index is 2.32. The van der Waals surface area contributed by atoms with Crippen LogP contribution in [-0.4, -0.2) is 24.6 Å². The van der Waals surface area contributed by atoms with Gasteiger partial charge in [-0.15, -0.1) is 0 Å². The number of hydrogen-bond acceptors (Lipinski definition) is 6. The minimum atomic E-state index is -3.19. The lowest BCUT2D eigenvalue weighted by atomic mass is 10.2. The van der Waals surface area contributed by atoms with Crippen molar-refractivity contribution < 1.29 is 8.42 Å². The first-order chi connectivity index (χ1) is 9.81. The van der Waals surface area contributed by atoms with E-state index in [4.69, 9.17) is 5.73 Å². The molecule has 2 aromatic rings. The molecule has 0 unspecified atom stereocenters. The summed E-state index contributed by atoms with van der Waals surface area (Å²) >= 11 is 0. The first-order valence-electron chi connectivity index (χ1n) is 6.51. The summed E-state index contributed by atoms with van der Waals surface area (Å²) in [5.74, 6) is 1.73. The molecule has 0 atom stereocenters. The van der Waals surface area contributed by atoms with Gasteiger partial charge in [0.25, 0.3) is 0 Å². The summed E-state index contributed by atoms with van der Waals surface area (Å²) in [5.41, 5.74) is 7.37. The number of anilines is 3. The molecular weight excluding hydrogens is 288 g/mol. The fourth-order valence-corrected chi connectivity index (χ4v) is 2.41. The van der Waals surface area contributed by atoms with E-state index in [1.807, 2.05) is 13.8 Å². The first kappa shape index (κ1) is 15.2. The predicted octanol–water partition coefficient (Wildman–Crippen LogP) is 2.08. The van der Waals surface area contributed by atoms with E-state index in [2.05, 4.69) is 15.3 Å². The molecule has 0 saturated carbocycles. The Morgan fingerprint density at radius 2 is 1.81 bits per heavy atom. The standard InChI is InChI=1S/C14H18N4O2S/c1-4-12-17-13(15)9(2)14(18-12)16-10-5-7-11(8-6-10)21(3,19)20/h5-8H,4H2,1-3H3,(H3,15,16,17,18). The van der Waals surface area contributed by atoms with Crippen LogP contribution in [0.15, 0.2) is 29.2 Å². The van der Waals surface area contributed by atoms with Crippen molar-refractivity contribution in [3.05, 3.63) is 35.7 Å². The van der Waals surface area contributed by atoms with Crippen LogP contribution in [0.25, 0.3) is 0 Å². The van der Waals surface area contributed by atoms with E-state index in [9.17, 15) is 8.42 Å². The molecule has 112 valence electrons. The Bertz CT molecular complexity index is 755. The number of nitrogen functional groups attached to an aromatic ring is 1. The third-order valence-corrected chi connectivity index (χ3v) is 4.22. The van der Waals surface area contributed by atoms with Crippen LogP contribution in [0, 0.1) is 6.92 Å². The lowest BCUT2D eigenvalue weighted by Gasteiger charge is -2.11. The molecule has 1 heterocycles. The van der Waals surface area contributed by atoms with Crippen molar-refractivity contribution in [2.24, 2.45) is 0 Å². The van der Waals surface area contributed by atoms with Gasteiger partial charge in [0.2, 0.25) is 0 Å². The number of aromatic nitrogens is 2. The van der Waals surface area contributed by atoms with Gasteiger partial charge in [0.15, 0.2) is 9.84 Å². The molecule has 0 bridgehead atoms. The molecule has 1 aromatic heterocycles. The van der Waals surface area contributed by atoms with Gasteiger partial charge in [0, 0.05) is 23.9 Å². The van der Waals surface area contributed by atoms with Crippen LogP contribution in [0.1, 0.15) is 18.3 Å². The van der Waals surface area contributed by atoms with E-state index < -0.39 is 9.84 Å². The number of aryl methyl sites for hydroxylation is 1. The van der Waals surface area contributed by atoms with E-state index in [1.165, 1.54) is 6.26 Å². The normalized spacial score (nSPS) is 11.4. The Morgan fingerprint density at radius 1 is 1.19 bits per heavy atom. The summed E-state index contributed by atoms with van der Waals surface area (Å²) in [4.78, 5) is 8.86. The van der Waals surface area contributed by atoms with Crippen molar-refractivity contribution >= 4 is 27.2 Å². The van der Waals surface area contributed by atoms with E-state index in [0.717, 1.165) is 11.3 Å². The molecule has 0 radical (unpaired) electrons. The van der Waals surface area contributed by atoms with Crippen molar-refractivity contribution in [1.82, 2.24) is 9.97 Å². The number of nitrogens with two attached hydrogens (primary N) is 1. The van der Waals surface area contributed by atoms with E-state index in [1.54, 1.807) is 24.3 Å². The van der Waals surface area contributed by atoms with Gasteiger partial charge >= 0.3 is 0 Å². The maximum absolute atomic E-state index is 11.4. The van der Waals surface area contributed by atoms with Gasteiger partial charge in [-0.2, -0.15) is 0 Å². The molecule has 0 aliphatic rings. The monoisotopic (exact) mass is 306 g/mol. The van der Waals surface area contributed by atoms with Crippen molar-refractivity contribution in [2.75, 3.05) is 17.3 Å². The maximum Gasteiger partial charge on any atom is 0.175 e. The molecule has 0 amide bonds. The lowest BCUT2D eigenvalue weighted by molar-refractivity contribution is 0.602. The van der Waals surface area contributed by atoms with Gasteiger partial charge in [0.05, 0.1) is 4.90 Å². The van der Waals surface area contributed by atoms with Crippen LogP contribution in [0.4, 0.5) is 17.3 Å². The summed E-state index contributed by atoms with van der Waals surface area (Å²) < 4.78 is 22.9. The summed E-state index contributed by atoms with van der Waals surface area (Å²) in [7, 11) is -3.19. The number of benzene rings is 1. The minimum absolute atomic E-state index is 0.279. The van der Waals surface area contributed by atoms with E-state index in [0.29, 0.717) is 23.9 Å².